The van der Waals surface area contributed by atoms with E-state index in [1.807, 2.05) is 25.1 Å². The number of hydrogen-bond donors (Lipinski definition) is 1. The molecule has 0 bridgehead atoms. The van der Waals surface area contributed by atoms with Crippen LogP contribution >= 0.6 is 0 Å². The van der Waals surface area contributed by atoms with Gasteiger partial charge in [-0.2, -0.15) is 18.3 Å². The highest BCUT2D eigenvalue weighted by molar-refractivity contribution is 6.07. The summed E-state index contributed by atoms with van der Waals surface area (Å²) >= 11 is 0. The van der Waals surface area contributed by atoms with Crippen molar-refractivity contribution < 1.29 is 18.0 Å². The molecular formula is C29H26F3N5O2. The molecule has 3 aromatic heterocycles. The van der Waals surface area contributed by atoms with Crippen LogP contribution in [0, 0.1) is 0 Å². The number of aryl methyl sites for hydroxylation is 1. The Morgan fingerprint density at radius 1 is 1.05 bits per heavy atom. The third-order valence-electron chi connectivity index (χ3n) is 6.87. The number of rotatable bonds is 7. The Labute approximate surface area is 221 Å². The van der Waals surface area contributed by atoms with Gasteiger partial charge in [-0.15, -0.1) is 0 Å². The predicted molar refractivity (Wildman–Crippen MR) is 145 cm³/mol. The van der Waals surface area contributed by atoms with Gasteiger partial charge in [-0.3, -0.25) is 18.8 Å². The lowest BCUT2D eigenvalue weighted by molar-refractivity contribution is -0.137. The number of hydrogen-bond acceptors (Lipinski definition) is 5. The fourth-order valence-corrected chi connectivity index (χ4v) is 4.73. The molecule has 5 rings (SSSR count). The predicted octanol–water partition coefficient (Wildman–Crippen LogP) is 6.10. The van der Waals surface area contributed by atoms with Crippen molar-refractivity contribution in [2.45, 2.75) is 31.9 Å². The van der Waals surface area contributed by atoms with Crippen LogP contribution in [-0.4, -0.2) is 32.2 Å². The van der Waals surface area contributed by atoms with Gasteiger partial charge in [0.05, 0.1) is 16.5 Å². The van der Waals surface area contributed by atoms with Crippen LogP contribution in [0.15, 0.2) is 71.7 Å². The molecule has 10 heteroatoms. The van der Waals surface area contributed by atoms with Crippen molar-refractivity contribution >= 4 is 33.4 Å². The standard InChI is InChI=1S/C29H26F3N5O2/c1-17(23-5-4-6-26(33-2)34-23)7-14-25(38)18-8-13-24-21(15-18)27-22(16-36(3)35-27)28(39)37(24)20-11-9-19(10-12-20)29(30,31)32/h4-6,8-13,15-17H,7,14H2,1-3H3,(H,33,34)/t17-/m1/s1. The fourth-order valence-electron chi connectivity index (χ4n) is 4.73. The summed E-state index contributed by atoms with van der Waals surface area (Å²) in [6, 6.07) is 15.2. The van der Waals surface area contributed by atoms with Crippen LogP contribution in [0.5, 0.6) is 0 Å². The van der Waals surface area contributed by atoms with E-state index < -0.39 is 17.3 Å². The summed E-state index contributed by atoms with van der Waals surface area (Å²) in [5.41, 5.74) is 1.31. The molecule has 39 heavy (non-hydrogen) atoms. The highest BCUT2D eigenvalue weighted by Gasteiger charge is 2.30. The Balaban J connectivity index is 1.52. The van der Waals surface area contributed by atoms with Crippen LogP contribution in [0.25, 0.3) is 27.5 Å². The molecule has 0 spiro atoms. The van der Waals surface area contributed by atoms with Gasteiger partial charge >= 0.3 is 6.18 Å². The Kier molecular flexibility index (Phi) is 6.71. The number of pyridine rings is 2. The van der Waals surface area contributed by atoms with Crippen molar-refractivity contribution in [2.24, 2.45) is 7.05 Å². The third-order valence-corrected chi connectivity index (χ3v) is 6.87. The van der Waals surface area contributed by atoms with Crippen LogP contribution in [0.1, 0.15) is 47.3 Å². The number of anilines is 1. The van der Waals surface area contributed by atoms with Crippen molar-refractivity contribution in [1.29, 1.82) is 0 Å². The van der Waals surface area contributed by atoms with Gasteiger partial charge < -0.3 is 5.32 Å². The maximum Gasteiger partial charge on any atom is 0.416 e. The molecule has 0 aliphatic rings. The van der Waals surface area contributed by atoms with Gasteiger partial charge in [0, 0.05) is 49.0 Å². The number of aromatic nitrogens is 4. The molecule has 2 aromatic carbocycles. The quantitative estimate of drug-likeness (QED) is 0.256. The molecular weight excluding hydrogens is 507 g/mol. The SMILES string of the molecule is CNc1cccc([C@H](C)CCC(=O)c2ccc3c(c2)c2nn(C)cc2c(=O)n3-c2ccc(C(F)(F)F)cc2)n1. The van der Waals surface area contributed by atoms with Crippen LogP contribution in [-0.2, 0) is 13.2 Å². The van der Waals surface area contributed by atoms with E-state index in [0.29, 0.717) is 40.2 Å². The monoisotopic (exact) mass is 533 g/mol. The average molecular weight is 534 g/mol. The Morgan fingerprint density at radius 3 is 2.49 bits per heavy atom. The summed E-state index contributed by atoms with van der Waals surface area (Å²) < 4.78 is 42.2. The van der Waals surface area contributed by atoms with E-state index in [-0.39, 0.29) is 17.4 Å². The van der Waals surface area contributed by atoms with Gasteiger partial charge in [0.25, 0.3) is 5.56 Å². The van der Waals surface area contributed by atoms with E-state index >= 15 is 0 Å². The van der Waals surface area contributed by atoms with Gasteiger partial charge in [0.2, 0.25) is 0 Å². The second kappa shape index (κ2) is 10.0. The fraction of sp³-hybridized carbons (Fsp3) is 0.241. The van der Waals surface area contributed by atoms with E-state index in [0.717, 1.165) is 23.6 Å². The number of nitrogens with zero attached hydrogens (tertiary/aromatic N) is 4. The molecule has 1 N–H and O–H groups in total. The molecule has 0 aliphatic carbocycles. The number of halogens is 3. The largest absolute Gasteiger partial charge is 0.416 e. The molecule has 0 unspecified atom stereocenters. The topological polar surface area (TPSA) is 81.8 Å². The molecule has 0 amide bonds. The first-order valence-corrected chi connectivity index (χ1v) is 12.4. The summed E-state index contributed by atoms with van der Waals surface area (Å²) in [5, 5.41) is 8.33. The minimum Gasteiger partial charge on any atom is -0.373 e. The zero-order chi connectivity index (χ0) is 27.9. The molecule has 0 radical (unpaired) electrons. The molecule has 3 heterocycles. The first-order chi connectivity index (χ1) is 18.6. The summed E-state index contributed by atoms with van der Waals surface area (Å²) in [7, 11) is 3.48. The number of carbonyl (C=O) groups excluding carboxylic acids is 1. The van der Waals surface area contributed by atoms with Crippen molar-refractivity contribution in [3.63, 3.8) is 0 Å². The third kappa shape index (κ3) is 5.01. The maximum absolute atomic E-state index is 13.4. The second-order valence-corrected chi connectivity index (χ2v) is 9.54. The number of alkyl halides is 3. The van der Waals surface area contributed by atoms with Gasteiger partial charge in [-0.05, 0) is 66.9 Å². The molecule has 7 nitrogen and oxygen atoms in total. The minimum atomic E-state index is -4.49. The summed E-state index contributed by atoms with van der Waals surface area (Å²) in [4.78, 5) is 31.2. The van der Waals surface area contributed by atoms with Gasteiger partial charge in [0.15, 0.2) is 5.78 Å². The molecule has 5 aromatic rings. The lowest BCUT2D eigenvalue weighted by atomic mass is 9.96. The lowest BCUT2D eigenvalue weighted by Gasteiger charge is -2.14. The molecule has 200 valence electrons. The van der Waals surface area contributed by atoms with Crippen LogP contribution in [0.2, 0.25) is 0 Å². The van der Waals surface area contributed by atoms with Gasteiger partial charge in [-0.1, -0.05) is 13.0 Å². The molecule has 1 atom stereocenters. The Bertz CT molecular complexity index is 1750. The van der Waals surface area contributed by atoms with Crippen LogP contribution in [0.3, 0.4) is 0 Å². The van der Waals surface area contributed by atoms with Crippen molar-refractivity contribution in [3.05, 3.63) is 94.0 Å². The molecule has 0 fully saturated rings. The maximum atomic E-state index is 13.4. The van der Waals surface area contributed by atoms with E-state index in [2.05, 4.69) is 15.4 Å². The molecule has 0 saturated carbocycles. The van der Waals surface area contributed by atoms with E-state index in [1.54, 1.807) is 38.5 Å². The van der Waals surface area contributed by atoms with Gasteiger partial charge in [0.1, 0.15) is 11.3 Å². The van der Waals surface area contributed by atoms with E-state index in [4.69, 9.17) is 0 Å². The number of ketones is 1. The van der Waals surface area contributed by atoms with Gasteiger partial charge in [-0.25, -0.2) is 4.98 Å². The average Bonchev–Trinajstić information content (AvgIpc) is 3.33. The number of Topliss-reactive ketones (excluding diaryl/α,β-unsaturated/α-hetero) is 1. The normalized spacial score (nSPS) is 12.7. The second-order valence-electron chi connectivity index (χ2n) is 9.54. The van der Waals surface area contributed by atoms with Crippen molar-refractivity contribution in [3.8, 4) is 5.69 Å². The highest BCUT2D eigenvalue weighted by Crippen LogP contribution is 2.31. The molecule has 0 saturated heterocycles. The van der Waals surface area contributed by atoms with Crippen LogP contribution < -0.4 is 10.9 Å². The zero-order valence-corrected chi connectivity index (χ0v) is 21.6. The number of benzene rings is 2. The zero-order valence-electron chi connectivity index (χ0n) is 21.6. The number of nitrogens with one attached hydrogen (secondary N) is 1. The first kappa shape index (κ1) is 26.1. The summed E-state index contributed by atoms with van der Waals surface area (Å²) in [6.45, 7) is 2.02. The lowest BCUT2D eigenvalue weighted by Crippen LogP contribution is -2.19. The summed E-state index contributed by atoms with van der Waals surface area (Å²) in [6.07, 6.45) is -2.03. The highest BCUT2D eigenvalue weighted by atomic mass is 19.4. The summed E-state index contributed by atoms with van der Waals surface area (Å²) in [5.74, 6) is 0.763. The molecule has 0 aliphatic heterocycles. The number of carbonyl (C=O) groups is 1. The number of fused-ring (bicyclic) bond motifs is 3. The smallest absolute Gasteiger partial charge is 0.373 e. The minimum absolute atomic E-state index is 0.0649. The van der Waals surface area contributed by atoms with Crippen molar-refractivity contribution in [2.75, 3.05) is 12.4 Å². The van der Waals surface area contributed by atoms with Crippen LogP contribution in [0.4, 0.5) is 19.0 Å². The van der Waals surface area contributed by atoms with E-state index in [1.165, 1.54) is 21.4 Å². The Hall–Kier alpha value is -4.47. The van der Waals surface area contributed by atoms with E-state index in [9.17, 15) is 22.8 Å². The first-order valence-electron chi connectivity index (χ1n) is 12.4. The van der Waals surface area contributed by atoms with Crippen molar-refractivity contribution in [1.82, 2.24) is 19.3 Å². The Morgan fingerprint density at radius 2 is 1.79 bits per heavy atom.